The molecule has 7 heteroatoms. The van der Waals surface area contributed by atoms with E-state index < -0.39 is 5.97 Å². The number of carbonyl (C=O) groups is 1. The minimum Gasteiger partial charge on any atom is -0.480 e. The number of hydrogen-bond acceptors (Lipinski definition) is 6. The number of hydrogen-bond donors (Lipinski definition) is 2. The summed E-state index contributed by atoms with van der Waals surface area (Å²) >= 11 is 0. The Morgan fingerprint density at radius 1 is 1.28 bits per heavy atom. The van der Waals surface area contributed by atoms with Crippen LogP contribution in [0.1, 0.15) is 19.8 Å². The third-order valence-electron chi connectivity index (χ3n) is 4.71. The van der Waals surface area contributed by atoms with Crippen molar-refractivity contribution in [2.45, 2.75) is 31.8 Å². The number of anilines is 2. The number of carboxylic acids is 1. The van der Waals surface area contributed by atoms with Crippen LogP contribution in [0.3, 0.4) is 0 Å². The van der Waals surface area contributed by atoms with E-state index in [2.05, 4.69) is 15.3 Å². The van der Waals surface area contributed by atoms with Crippen molar-refractivity contribution in [3.05, 3.63) is 24.3 Å². The van der Waals surface area contributed by atoms with E-state index in [1.165, 1.54) is 0 Å². The molecule has 1 heterocycles. The number of aliphatic carboxylic acids is 1. The first-order chi connectivity index (χ1) is 12.0. The Hall–Kier alpha value is -2.41. The van der Waals surface area contributed by atoms with Crippen LogP contribution in [-0.4, -0.2) is 65.2 Å². The molecule has 1 aromatic carbocycles. The average Bonchev–Trinajstić information content (AvgIpc) is 2.54. The van der Waals surface area contributed by atoms with Crippen LogP contribution < -0.4 is 10.2 Å². The predicted octanol–water partition coefficient (Wildman–Crippen LogP) is 2.05. The third-order valence-corrected chi connectivity index (χ3v) is 4.71. The SMILES string of the molecule is CCN(CC(=O)O)C1CC(Nc2nc(N(C)C)c3ccccc3n2)C1. The number of para-hydroxylation sites is 1. The summed E-state index contributed by atoms with van der Waals surface area (Å²) in [6.07, 6.45) is 1.82. The Labute approximate surface area is 147 Å². The van der Waals surface area contributed by atoms with Gasteiger partial charge in [0.2, 0.25) is 5.95 Å². The zero-order valence-corrected chi connectivity index (χ0v) is 14.9. The fraction of sp³-hybridized carbons (Fsp3) is 0.500. The van der Waals surface area contributed by atoms with Crippen molar-refractivity contribution in [1.82, 2.24) is 14.9 Å². The van der Waals surface area contributed by atoms with Gasteiger partial charge in [-0.2, -0.15) is 4.98 Å². The molecular formula is C18H25N5O2. The van der Waals surface area contributed by atoms with Crippen molar-refractivity contribution < 1.29 is 9.90 Å². The second-order valence-corrected chi connectivity index (χ2v) is 6.71. The zero-order valence-electron chi connectivity index (χ0n) is 14.9. The van der Waals surface area contributed by atoms with Crippen LogP contribution in [-0.2, 0) is 4.79 Å². The number of likely N-dealkylation sites (N-methyl/N-ethyl adjacent to an activating group) is 1. The highest BCUT2D eigenvalue weighted by molar-refractivity contribution is 5.90. The summed E-state index contributed by atoms with van der Waals surface area (Å²) in [5, 5.41) is 13.4. The molecule has 0 unspecified atom stereocenters. The van der Waals surface area contributed by atoms with E-state index in [1.807, 2.05) is 55.1 Å². The van der Waals surface area contributed by atoms with Gasteiger partial charge >= 0.3 is 5.97 Å². The zero-order chi connectivity index (χ0) is 18.0. The van der Waals surface area contributed by atoms with Crippen LogP contribution in [0.15, 0.2) is 24.3 Å². The molecule has 1 fully saturated rings. The minimum absolute atomic E-state index is 0.102. The molecule has 0 spiro atoms. The lowest BCUT2D eigenvalue weighted by Gasteiger charge is -2.42. The summed E-state index contributed by atoms with van der Waals surface area (Å²) in [5.41, 5.74) is 0.917. The standard InChI is InChI=1S/C18H25N5O2/c1-4-23(11-16(24)25)13-9-12(10-13)19-18-20-15-8-6-5-7-14(15)17(21-18)22(2)3/h5-8,12-13H,4,9-11H2,1-3H3,(H,24,25)(H,19,20,21). The summed E-state index contributed by atoms with van der Waals surface area (Å²) in [7, 11) is 3.95. The van der Waals surface area contributed by atoms with Crippen molar-refractivity contribution in [1.29, 1.82) is 0 Å². The molecule has 1 aliphatic carbocycles. The quantitative estimate of drug-likeness (QED) is 0.796. The van der Waals surface area contributed by atoms with Gasteiger partial charge in [-0.05, 0) is 31.5 Å². The van der Waals surface area contributed by atoms with Crippen LogP contribution in [0.4, 0.5) is 11.8 Å². The summed E-state index contributed by atoms with van der Waals surface area (Å²) in [6, 6.07) is 8.58. The monoisotopic (exact) mass is 343 g/mol. The van der Waals surface area contributed by atoms with Crippen molar-refractivity contribution in [2.75, 3.05) is 37.4 Å². The molecule has 2 N–H and O–H groups in total. The van der Waals surface area contributed by atoms with Crippen molar-refractivity contribution in [2.24, 2.45) is 0 Å². The Morgan fingerprint density at radius 3 is 2.64 bits per heavy atom. The molecule has 3 rings (SSSR count). The van der Waals surface area contributed by atoms with Crippen molar-refractivity contribution >= 4 is 28.6 Å². The third kappa shape index (κ3) is 3.82. The number of rotatable bonds is 7. The molecule has 0 bridgehead atoms. The second-order valence-electron chi connectivity index (χ2n) is 6.71. The van der Waals surface area contributed by atoms with Crippen molar-refractivity contribution in [3.63, 3.8) is 0 Å². The molecule has 0 amide bonds. The van der Waals surface area contributed by atoms with Crippen LogP contribution in [0.2, 0.25) is 0 Å². The number of nitrogens with zero attached hydrogens (tertiary/aromatic N) is 4. The number of aromatic nitrogens is 2. The largest absolute Gasteiger partial charge is 0.480 e. The Morgan fingerprint density at radius 2 is 2.00 bits per heavy atom. The molecule has 134 valence electrons. The average molecular weight is 343 g/mol. The predicted molar refractivity (Wildman–Crippen MR) is 99.2 cm³/mol. The van der Waals surface area contributed by atoms with E-state index >= 15 is 0 Å². The summed E-state index contributed by atoms with van der Waals surface area (Å²) in [6.45, 7) is 2.85. The molecular weight excluding hydrogens is 318 g/mol. The second kappa shape index (κ2) is 7.23. The first kappa shape index (κ1) is 17.4. The molecule has 0 saturated heterocycles. The van der Waals surface area contributed by atoms with Crippen LogP contribution in [0.25, 0.3) is 10.9 Å². The molecule has 1 aliphatic rings. The highest BCUT2D eigenvalue weighted by Gasteiger charge is 2.34. The van der Waals surface area contributed by atoms with Crippen molar-refractivity contribution in [3.8, 4) is 0 Å². The Balaban J connectivity index is 1.69. The maximum atomic E-state index is 10.9. The molecule has 0 atom stereocenters. The fourth-order valence-electron chi connectivity index (χ4n) is 3.32. The smallest absolute Gasteiger partial charge is 0.317 e. The lowest BCUT2D eigenvalue weighted by atomic mass is 9.85. The van der Waals surface area contributed by atoms with Gasteiger partial charge in [-0.3, -0.25) is 9.69 Å². The van der Waals surface area contributed by atoms with E-state index in [0.717, 1.165) is 36.1 Å². The lowest BCUT2D eigenvalue weighted by molar-refractivity contribution is -0.139. The minimum atomic E-state index is -0.772. The lowest BCUT2D eigenvalue weighted by Crippen LogP contribution is -2.51. The summed E-state index contributed by atoms with van der Waals surface area (Å²) in [4.78, 5) is 24.2. The molecule has 0 radical (unpaired) electrons. The van der Waals surface area contributed by atoms with E-state index in [-0.39, 0.29) is 12.6 Å². The van der Waals surface area contributed by atoms with Gasteiger partial charge < -0.3 is 15.3 Å². The van der Waals surface area contributed by atoms with E-state index in [9.17, 15) is 4.79 Å². The summed E-state index contributed by atoms with van der Waals surface area (Å²) < 4.78 is 0. The highest BCUT2D eigenvalue weighted by atomic mass is 16.4. The summed E-state index contributed by atoms with van der Waals surface area (Å²) in [5.74, 6) is 0.754. The van der Waals surface area contributed by atoms with Gasteiger partial charge in [0.25, 0.3) is 0 Å². The first-order valence-electron chi connectivity index (χ1n) is 8.64. The van der Waals surface area contributed by atoms with Gasteiger partial charge in [-0.25, -0.2) is 4.98 Å². The Kier molecular flexibility index (Phi) is 5.03. The molecule has 25 heavy (non-hydrogen) atoms. The molecule has 2 aromatic rings. The molecule has 0 aliphatic heterocycles. The highest BCUT2D eigenvalue weighted by Crippen LogP contribution is 2.29. The van der Waals surface area contributed by atoms with E-state index in [0.29, 0.717) is 12.0 Å². The number of nitrogens with one attached hydrogen (secondary N) is 1. The normalized spacial score (nSPS) is 19.7. The Bertz CT molecular complexity index is 758. The number of fused-ring (bicyclic) bond motifs is 1. The van der Waals surface area contributed by atoms with Gasteiger partial charge in [-0.15, -0.1) is 0 Å². The maximum absolute atomic E-state index is 10.9. The maximum Gasteiger partial charge on any atom is 0.317 e. The van der Waals surface area contributed by atoms with E-state index in [1.54, 1.807) is 0 Å². The van der Waals surface area contributed by atoms with Gasteiger partial charge in [0, 0.05) is 31.6 Å². The van der Waals surface area contributed by atoms with Gasteiger partial charge in [0.1, 0.15) is 5.82 Å². The van der Waals surface area contributed by atoms with Crippen LogP contribution in [0, 0.1) is 0 Å². The molecule has 1 aromatic heterocycles. The van der Waals surface area contributed by atoms with Gasteiger partial charge in [0.05, 0.1) is 12.1 Å². The topological polar surface area (TPSA) is 81.6 Å². The van der Waals surface area contributed by atoms with Crippen LogP contribution in [0.5, 0.6) is 0 Å². The molecule has 7 nitrogen and oxygen atoms in total. The number of benzene rings is 1. The number of carboxylic acid groups (broad SMARTS) is 1. The van der Waals surface area contributed by atoms with Gasteiger partial charge in [0.15, 0.2) is 0 Å². The van der Waals surface area contributed by atoms with E-state index in [4.69, 9.17) is 5.11 Å². The molecule has 1 saturated carbocycles. The first-order valence-corrected chi connectivity index (χ1v) is 8.64. The van der Waals surface area contributed by atoms with Crippen LogP contribution >= 0.6 is 0 Å². The van der Waals surface area contributed by atoms with Gasteiger partial charge in [-0.1, -0.05) is 19.1 Å². The fourth-order valence-corrected chi connectivity index (χ4v) is 3.32.